The zero-order valence-electron chi connectivity index (χ0n) is 14.9. The molecule has 0 bridgehead atoms. The van der Waals surface area contributed by atoms with Crippen molar-refractivity contribution in [3.8, 4) is 0 Å². The van der Waals surface area contributed by atoms with E-state index in [1.54, 1.807) is 0 Å². The van der Waals surface area contributed by atoms with Gasteiger partial charge in [0.05, 0.1) is 0 Å². The summed E-state index contributed by atoms with van der Waals surface area (Å²) in [5.41, 5.74) is 0. The Morgan fingerprint density at radius 2 is 0.958 bits per heavy atom. The minimum absolute atomic E-state index is 0.210. The quantitative estimate of drug-likeness (QED) is 0.367. The Bertz CT molecular complexity index is 462. The highest BCUT2D eigenvalue weighted by molar-refractivity contribution is 5.66. The van der Waals surface area contributed by atoms with Crippen LogP contribution in [0.2, 0.25) is 0 Å². The van der Waals surface area contributed by atoms with Crippen LogP contribution in [0, 0.1) is 0 Å². The van der Waals surface area contributed by atoms with Gasteiger partial charge in [-0.25, -0.2) is 0 Å². The number of hydrogen-bond acceptors (Lipinski definition) is 1. The molecule has 24 heavy (non-hydrogen) atoms. The molecular formula is C22H32O2. The molecule has 0 rings (SSSR count). The van der Waals surface area contributed by atoms with E-state index in [1.165, 1.54) is 0 Å². The van der Waals surface area contributed by atoms with Crippen molar-refractivity contribution in [1.82, 2.24) is 0 Å². The van der Waals surface area contributed by atoms with Crippen molar-refractivity contribution in [2.24, 2.45) is 0 Å². The third-order valence-corrected chi connectivity index (χ3v) is 3.12. The maximum atomic E-state index is 10.3. The van der Waals surface area contributed by atoms with Gasteiger partial charge < -0.3 is 5.11 Å². The van der Waals surface area contributed by atoms with E-state index in [0.29, 0.717) is 6.42 Å². The van der Waals surface area contributed by atoms with Crippen LogP contribution in [-0.4, -0.2) is 11.1 Å². The summed E-state index contributed by atoms with van der Waals surface area (Å²) in [5, 5.41) is 8.49. The molecule has 0 aliphatic heterocycles. The Kier molecular flexibility index (Phi) is 17.3. The Hall–Kier alpha value is -2.09. The number of carboxylic acids is 1. The van der Waals surface area contributed by atoms with E-state index in [9.17, 15) is 4.79 Å². The normalized spacial score (nSPS) is 13.0. The molecule has 0 spiro atoms. The molecule has 0 saturated heterocycles. The first kappa shape index (κ1) is 21.9. The highest BCUT2D eigenvalue weighted by atomic mass is 16.4. The number of hydrogen-bond donors (Lipinski definition) is 1. The van der Waals surface area contributed by atoms with Gasteiger partial charge in [-0.3, -0.25) is 4.79 Å². The molecular weight excluding hydrogens is 296 g/mol. The van der Waals surface area contributed by atoms with E-state index in [0.717, 1.165) is 38.5 Å². The van der Waals surface area contributed by atoms with E-state index >= 15 is 0 Å². The van der Waals surface area contributed by atoms with Gasteiger partial charge in [0.1, 0.15) is 0 Å². The topological polar surface area (TPSA) is 37.3 Å². The zero-order valence-corrected chi connectivity index (χ0v) is 14.9. The molecule has 0 aliphatic carbocycles. The molecule has 0 aromatic rings. The summed E-state index contributed by atoms with van der Waals surface area (Å²) in [6, 6.07) is 0. The Balaban J connectivity index is 3.51. The second-order valence-corrected chi connectivity index (χ2v) is 5.35. The third kappa shape index (κ3) is 19.9. The van der Waals surface area contributed by atoms with Crippen LogP contribution in [0.5, 0.6) is 0 Å². The molecule has 0 saturated carbocycles. The number of carboxylic acid groups (broad SMARTS) is 1. The van der Waals surface area contributed by atoms with E-state index < -0.39 is 5.97 Å². The number of allylic oxidation sites excluding steroid dienone is 12. The molecule has 2 nitrogen and oxygen atoms in total. The molecule has 0 atom stereocenters. The first-order chi connectivity index (χ1) is 11.8. The van der Waals surface area contributed by atoms with E-state index in [2.05, 4.69) is 67.7 Å². The lowest BCUT2D eigenvalue weighted by molar-refractivity contribution is -0.136. The van der Waals surface area contributed by atoms with Crippen LogP contribution in [-0.2, 0) is 4.79 Å². The Labute approximate surface area is 147 Å². The average molecular weight is 328 g/mol. The summed E-state index contributed by atoms with van der Waals surface area (Å²) in [5.74, 6) is -0.741. The van der Waals surface area contributed by atoms with Crippen LogP contribution in [0.3, 0.4) is 0 Å². The van der Waals surface area contributed by atoms with Crippen LogP contribution in [0.15, 0.2) is 72.9 Å². The van der Waals surface area contributed by atoms with Crippen molar-refractivity contribution in [3.63, 3.8) is 0 Å². The van der Waals surface area contributed by atoms with Crippen LogP contribution in [0.4, 0.5) is 0 Å². The third-order valence-electron chi connectivity index (χ3n) is 3.12. The monoisotopic (exact) mass is 328 g/mol. The van der Waals surface area contributed by atoms with Crippen molar-refractivity contribution in [2.75, 3.05) is 0 Å². The molecule has 0 aromatic carbocycles. The van der Waals surface area contributed by atoms with Gasteiger partial charge in [-0.15, -0.1) is 0 Å². The Morgan fingerprint density at radius 1 is 0.625 bits per heavy atom. The maximum Gasteiger partial charge on any atom is 0.303 e. The smallest absolute Gasteiger partial charge is 0.303 e. The van der Waals surface area contributed by atoms with Gasteiger partial charge in [-0.05, 0) is 44.9 Å². The predicted octanol–water partition coefficient (Wildman–Crippen LogP) is 6.55. The van der Waals surface area contributed by atoms with Crippen molar-refractivity contribution in [1.29, 1.82) is 0 Å². The molecule has 0 unspecified atom stereocenters. The van der Waals surface area contributed by atoms with Crippen molar-refractivity contribution < 1.29 is 9.90 Å². The lowest BCUT2D eigenvalue weighted by Gasteiger charge is -1.87. The lowest BCUT2D eigenvalue weighted by atomic mass is 10.2. The van der Waals surface area contributed by atoms with Gasteiger partial charge in [0.15, 0.2) is 0 Å². The summed E-state index contributed by atoms with van der Waals surface area (Å²) < 4.78 is 0. The number of aliphatic carboxylic acids is 1. The van der Waals surface area contributed by atoms with Gasteiger partial charge >= 0.3 is 5.97 Å². The van der Waals surface area contributed by atoms with Gasteiger partial charge in [-0.2, -0.15) is 0 Å². The Morgan fingerprint density at radius 3 is 1.29 bits per heavy atom. The molecule has 0 aromatic heterocycles. The molecule has 2 heteroatoms. The summed E-state index contributed by atoms with van der Waals surface area (Å²) in [6.45, 7) is 2.15. The highest BCUT2D eigenvalue weighted by Gasteiger charge is 1.90. The minimum Gasteiger partial charge on any atom is -0.481 e. The fourth-order valence-electron chi connectivity index (χ4n) is 1.85. The summed E-state index contributed by atoms with van der Waals surface area (Å²) in [6.07, 6.45) is 32.5. The van der Waals surface area contributed by atoms with Crippen LogP contribution in [0.25, 0.3) is 0 Å². The average Bonchev–Trinajstić information content (AvgIpc) is 2.56. The van der Waals surface area contributed by atoms with Crippen LogP contribution >= 0.6 is 0 Å². The molecule has 0 radical (unpaired) electrons. The zero-order chi connectivity index (χ0) is 17.7. The molecule has 0 heterocycles. The molecule has 0 fully saturated rings. The van der Waals surface area contributed by atoms with E-state index in [1.807, 2.05) is 12.2 Å². The number of carbonyl (C=O) groups is 1. The van der Waals surface area contributed by atoms with Gasteiger partial charge in [0.2, 0.25) is 0 Å². The second kappa shape index (κ2) is 19.0. The molecule has 0 amide bonds. The van der Waals surface area contributed by atoms with Gasteiger partial charge in [0.25, 0.3) is 0 Å². The first-order valence-corrected chi connectivity index (χ1v) is 8.89. The van der Waals surface area contributed by atoms with Crippen LogP contribution in [0.1, 0.15) is 58.3 Å². The molecule has 0 aliphatic rings. The molecule has 132 valence electrons. The van der Waals surface area contributed by atoms with Crippen LogP contribution < -0.4 is 0 Å². The summed E-state index contributed by atoms with van der Waals surface area (Å²) >= 11 is 0. The van der Waals surface area contributed by atoms with E-state index in [-0.39, 0.29) is 6.42 Å². The van der Waals surface area contributed by atoms with E-state index in [4.69, 9.17) is 5.11 Å². The van der Waals surface area contributed by atoms with Crippen molar-refractivity contribution >= 4 is 5.97 Å². The lowest BCUT2D eigenvalue weighted by Crippen LogP contribution is -1.91. The molecule has 1 N–H and O–H groups in total. The SMILES string of the molecule is CC/C=C\C/C=C\C/C=C\C/C=C\C/C=C/C/C=C/CCC(=O)O. The van der Waals surface area contributed by atoms with Crippen molar-refractivity contribution in [2.45, 2.75) is 58.3 Å². The summed E-state index contributed by atoms with van der Waals surface area (Å²) in [7, 11) is 0. The fraction of sp³-hybridized carbons (Fsp3) is 0.409. The number of rotatable bonds is 14. The first-order valence-electron chi connectivity index (χ1n) is 8.89. The summed E-state index contributed by atoms with van der Waals surface area (Å²) in [4.78, 5) is 10.3. The standard InChI is InChI=1S/C22H32O2/c1-2-3-4-5-6-7-8-9-10-11-12-13-14-15-16-17-18-19-20-21-22(23)24/h3-4,6-7,9-10,12-13,15-16,18-19H,2,5,8,11,14,17,20-21H2,1H3,(H,23,24)/b4-3-,7-6-,10-9-,13-12-,16-15+,19-18+. The largest absolute Gasteiger partial charge is 0.481 e. The minimum atomic E-state index is -0.741. The second-order valence-electron chi connectivity index (χ2n) is 5.35. The highest BCUT2D eigenvalue weighted by Crippen LogP contribution is 1.97. The van der Waals surface area contributed by atoms with Gasteiger partial charge in [-0.1, -0.05) is 79.8 Å². The maximum absolute atomic E-state index is 10.3. The van der Waals surface area contributed by atoms with Gasteiger partial charge in [0, 0.05) is 6.42 Å². The predicted molar refractivity (Wildman–Crippen MR) is 105 cm³/mol. The van der Waals surface area contributed by atoms with Crippen molar-refractivity contribution in [3.05, 3.63) is 72.9 Å². The fourth-order valence-corrected chi connectivity index (χ4v) is 1.85.